The Morgan fingerprint density at radius 1 is 1.27 bits per heavy atom. The molecule has 1 aliphatic carbocycles. The van der Waals surface area contributed by atoms with Crippen molar-refractivity contribution in [2.75, 3.05) is 11.1 Å². The maximum atomic E-state index is 12.5. The molecule has 1 aliphatic rings. The molecule has 156 valence electrons. The van der Waals surface area contributed by atoms with E-state index < -0.39 is 0 Å². The van der Waals surface area contributed by atoms with Gasteiger partial charge in [-0.05, 0) is 55.9 Å². The number of fused-ring (bicyclic) bond motifs is 1. The fourth-order valence-electron chi connectivity index (χ4n) is 3.57. The second-order valence-electron chi connectivity index (χ2n) is 7.58. The summed E-state index contributed by atoms with van der Waals surface area (Å²) in [4.78, 5) is 27.0. The molecule has 0 bridgehead atoms. The molecule has 0 unspecified atom stereocenters. The van der Waals surface area contributed by atoms with E-state index in [4.69, 9.17) is 10.5 Å². The van der Waals surface area contributed by atoms with Crippen molar-refractivity contribution in [2.24, 2.45) is 5.92 Å². The van der Waals surface area contributed by atoms with Crippen LogP contribution in [-0.4, -0.2) is 20.9 Å². The van der Waals surface area contributed by atoms with Crippen molar-refractivity contribution in [3.8, 4) is 0 Å². The van der Waals surface area contributed by atoms with Crippen molar-refractivity contribution in [1.29, 1.82) is 0 Å². The third kappa shape index (κ3) is 4.76. The number of nitrogens with two attached hydrogens (primary N) is 1. The second-order valence-corrected chi connectivity index (χ2v) is 8.71. The molecule has 7 nitrogen and oxygen atoms in total. The summed E-state index contributed by atoms with van der Waals surface area (Å²) in [5, 5.41) is 3.09. The molecule has 0 saturated heterocycles. The summed E-state index contributed by atoms with van der Waals surface area (Å²) >= 11 is 1.54. The van der Waals surface area contributed by atoms with Crippen LogP contribution in [0.1, 0.15) is 51.3 Å². The fourth-order valence-corrected chi connectivity index (χ4v) is 4.68. The lowest BCUT2D eigenvalue weighted by Crippen LogP contribution is -2.11. The van der Waals surface area contributed by atoms with E-state index in [-0.39, 0.29) is 18.5 Å². The van der Waals surface area contributed by atoms with Crippen LogP contribution in [0.2, 0.25) is 0 Å². The minimum absolute atomic E-state index is 0.0612. The summed E-state index contributed by atoms with van der Waals surface area (Å²) < 4.78 is 5.46. The van der Waals surface area contributed by atoms with Gasteiger partial charge in [0.1, 0.15) is 4.88 Å². The fraction of sp³-hybridized carbons (Fsp3) is 0.364. The van der Waals surface area contributed by atoms with Gasteiger partial charge in [0.05, 0.1) is 0 Å². The van der Waals surface area contributed by atoms with Gasteiger partial charge in [0.2, 0.25) is 11.9 Å². The van der Waals surface area contributed by atoms with Gasteiger partial charge < -0.3 is 15.8 Å². The molecule has 0 fully saturated rings. The van der Waals surface area contributed by atoms with Gasteiger partial charge in [-0.3, -0.25) is 0 Å². The van der Waals surface area contributed by atoms with Crippen molar-refractivity contribution in [3.05, 3.63) is 57.0 Å². The number of rotatable bonds is 6. The summed E-state index contributed by atoms with van der Waals surface area (Å²) in [5.74, 6) is 1.05. The third-order valence-corrected chi connectivity index (χ3v) is 6.52. The minimum Gasteiger partial charge on any atom is -0.453 e. The average molecular weight is 424 g/mol. The maximum absolute atomic E-state index is 12.5. The largest absolute Gasteiger partial charge is 0.453 e. The summed E-state index contributed by atoms with van der Waals surface area (Å²) in [6, 6.07) is 9.81. The second kappa shape index (κ2) is 8.79. The Labute approximate surface area is 179 Å². The van der Waals surface area contributed by atoms with Gasteiger partial charge in [0.25, 0.3) is 0 Å². The summed E-state index contributed by atoms with van der Waals surface area (Å²) in [7, 11) is 0. The molecule has 1 aromatic carbocycles. The van der Waals surface area contributed by atoms with Crippen LogP contribution in [0, 0.1) is 12.8 Å². The molecular weight excluding hydrogens is 398 g/mol. The number of aryl methyl sites for hydroxylation is 2. The van der Waals surface area contributed by atoms with Crippen LogP contribution >= 0.6 is 11.3 Å². The van der Waals surface area contributed by atoms with Gasteiger partial charge in [-0.25, -0.2) is 4.79 Å². The number of ether oxygens (including phenoxy) is 1. The number of nitrogen functional groups attached to an aromatic ring is 1. The Kier molecular flexibility index (Phi) is 5.94. The Balaban J connectivity index is 1.41. The first-order valence-corrected chi connectivity index (χ1v) is 10.9. The summed E-state index contributed by atoms with van der Waals surface area (Å²) in [5.41, 5.74) is 9.09. The molecule has 0 spiro atoms. The topological polar surface area (TPSA) is 103 Å². The highest BCUT2D eigenvalue weighted by Gasteiger charge is 2.22. The van der Waals surface area contributed by atoms with Crippen LogP contribution in [0.4, 0.5) is 17.6 Å². The van der Waals surface area contributed by atoms with Crippen LogP contribution in [0.5, 0.6) is 0 Å². The smallest absolute Gasteiger partial charge is 0.348 e. The first kappa shape index (κ1) is 20.3. The molecular formula is C22H25N5O2S. The van der Waals surface area contributed by atoms with Gasteiger partial charge in [0.15, 0.2) is 12.4 Å². The number of carbonyl (C=O) groups excluding carboxylic acids is 1. The van der Waals surface area contributed by atoms with E-state index in [9.17, 15) is 4.79 Å². The number of thiophene rings is 1. The molecule has 0 radical (unpaired) electrons. The van der Waals surface area contributed by atoms with Crippen molar-refractivity contribution >= 4 is 34.9 Å². The lowest BCUT2D eigenvalue weighted by molar-refractivity contribution is 0.0468. The normalized spacial score (nSPS) is 15.5. The van der Waals surface area contributed by atoms with Gasteiger partial charge in [-0.2, -0.15) is 15.0 Å². The summed E-state index contributed by atoms with van der Waals surface area (Å²) in [6.45, 7) is 4.18. The lowest BCUT2D eigenvalue weighted by Gasteiger charge is -2.19. The molecule has 2 heterocycles. The molecule has 1 atom stereocenters. The summed E-state index contributed by atoms with van der Waals surface area (Å²) in [6.07, 6.45) is 4.46. The van der Waals surface area contributed by atoms with Gasteiger partial charge in [-0.1, -0.05) is 31.0 Å². The Morgan fingerprint density at radius 2 is 2.07 bits per heavy atom. The molecule has 2 aromatic heterocycles. The zero-order valence-corrected chi connectivity index (χ0v) is 18.0. The van der Waals surface area contributed by atoms with Gasteiger partial charge in [0, 0.05) is 10.6 Å². The number of aromatic nitrogens is 3. The van der Waals surface area contributed by atoms with Crippen molar-refractivity contribution in [1.82, 2.24) is 15.0 Å². The molecule has 0 saturated carbocycles. The highest BCUT2D eigenvalue weighted by atomic mass is 32.1. The molecule has 4 rings (SSSR count). The first-order chi connectivity index (χ1) is 14.5. The monoisotopic (exact) mass is 423 g/mol. The van der Waals surface area contributed by atoms with Crippen LogP contribution in [0.25, 0.3) is 0 Å². The van der Waals surface area contributed by atoms with E-state index in [1.54, 1.807) is 0 Å². The number of nitrogens with zero attached hydrogens (tertiary/aromatic N) is 3. The predicted molar refractivity (Wildman–Crippen MR) is 118 cm³/mol. The number of esters is 1. The number of carbonyl (C=O) groups is 1. The van der Waals surface area contributed by atoms with E-state index in [2.05, 4.69) is 27.2 Å². The predicted octanol–water partition coefficient (Wildman–Crippen LogP) is 4.44. The molecule has 0 amide bonds. The first-order valence-electron chi connectivity index (χ1n) is 10.1. The zero-order valence-electron chi connectivity index (χ0n) is 17.1. The van der Waals surface area contributed by atoms with Crippen molar-refractivity contribution in [3.63, 3.8) is 0 Å². The Bertz CT molecular complexity index is 1050. The highest BCUT2D eigenvalue weighted by molar-refractivity contribution is 7.14. The number of nitrogens with one attached hydrogen (secondary N) is 1. The van der Waals surface area contributed by atoms with Crippen molar-refractivity contribution < 1.29 is 9.53 Å². The SMILES string of the molecule is CC[C@@H]1CCc2sc(C(=O)OCc3nc(N)nc(Nc4ccc(C)cc4)n3)cc2C1. The van der Waals surface area contributed by atoms with Crippen LogP contribution < -0.4 is 11.1 Å². The van der Waals surface area contributed by atoms with E-state index in [0.29, 0.717) is 22.6 Å². The molecule has 3 N–H and O–H groups in total. The quantitative estimate of drug-likeness (QED) is 0.565. The number of hydrogen-bond acceptors (Lipinski definition) is 8. The van der Waals surface area contributed by atoms with Gasteiger partial charge in [-0.15, -0.1) is 11.3 Å². The van der Waals surface area contributed by atoms with Crippen LogP contribution in [0.3, 0.4) is 0 Å². The molecule has 0 aliphatic heterocycles. The number of benzene rings is 1. The molecule has 30 heavy (non-hydrogen) atoms. The number of hydrogen-bond donors (Lipinski definition) is 2. The standard InChI is InChI=1S/C22H25N5O2S/c1-3-14-6-9-17-15(10-14)11-18(30-17)20(28)29-12-19-25-21(23)27-22(26-19)24-16-7-4-13(2)5-8-16/h4-5,7-8,11,14H,3,6,9-10,12H2,1-2H3,(H3,23,24,25,26,27)/t14-/m1/s1. The van der Waals surface area contributed by atoms with E-state index in [0.717, 1.165) is 24.1 Å². The average Bonchev–Trinajstić information content (AvgIpc) is 3.16. The molecule has 3 aromatic rings. The number of anilines is 3. The van der Waals surface area contributed by atoms with Crippen LogP contribution in [-0.2, 0) is 24.2 Å². The van der Waals surface area contributed by atoms with E-state index >= 15 is 0 Å². The molecule has 8 heteroatoms. The van der Waals surface area contributed by atoms with Crippen molar-refractivity contribution in [2.45, 2.75) is 46.1 Å². The van der Waals surface area contributed by atoms with E-state index in [1.807, 2.05) is 37.3 Å². The maximum Gasteiger partial charge on any atom is 0.348 e. The van der Waals surface area contributed by atoms with Gasteiger partial charge >= 0.3 is 5.97 Å². The third-order valence-electron chi connectivity index (χ3n) is 5.30. The Morgan fingerprint density at radius 3 is 2.83 bits per heavy atom. The highest BCUT2D eigenvalue weighted by Crippen LogP contribution is 2.33. The lowest BCUT2D eigenvalue weighted by atomic mass is 9.87. The zero-order chi connectivity index (χ0) is 21.1. The van der Waals surface area contributed by atoms with E-state index in [1.165, 1.54) is 34.6 Å². The minimum atomic E-state index is -0.352. The van der Waals surface area contributed by atoms with Crippen LogP contribution in [0.15, 0.2) is 30.3 Å². The Hall–Kier alpha value is -3.00.